The van der Waals surface area contributed by atoms with Crippen LogP contribution in [-0.2, 0) is 0 Å². The predicted molar refractivity (Wildman–Crippen MR) is 71.6 cm³/mol. The maximum atomic E-state index is 5.75. The zero-order chi connectivity index (χ0) is 12.6. The second-order valence-electron chi connectivity index (χ2n) is 4.26. The van der Waals surface area contributed by atoms with Gasteiger partial charge in [-0.3, -0.25) is 5.10 Å². The summed E-state index contributed by atoms with van der Waals surface area (Å²) in [6.07, 6.45) is 0. The number of hydrogen-bond acceptors (Lipinski definition) is 3. The first-order valence-electron chi connectivity index (χ1n) is 5.44. The number of hydrogen-bond donors (Lipinski definition) is 2. The number of benzene rings is 1. The van der Waals surface area contributed by atoms with Gasteiger partial charge in [0.25, 0.3) is 0 Å². The first-order chi connectivity index (χ1) is 7.99. The number of aryl methyl sites for hydroxylation is 2. The largest absolute Gasteiger partial charge is 0.322 e. The molecule has 0 aliphatic heterocycles. The number of H-pyrrole nitrogens is 1. The van der Waals surface area contributed by atoms with Gasteiger partial charge in [0.1, 0.15) is 5.82 Å². The van der Waals surface area contributed by atoms with Gasteiger partial charge in [0.15, 0.2) is 5.82 Å². The summed E-state index contributed by atoms with van der Waals surface area (Å²) in [6, 6.07) is 3.99. The van der Waals surface area contributed by atoms with Gasteiger partial charge in [-0.05, 0) is 44.0 Å². The van der Waals surface area contributed by atoms with Crippen molar-refractivity contribution in [3.63, 3.8) is 0 Å². The Labute approximate surface area is 109 Å². The van der Waals surface area contributed by atoms with Crippen LogP contribution in [0.4, 0.5) is 0 Å². The van der Waals surface area contributed by atoms with Gasteiger partial charge in [-0.25, -0.2) is 4.98 Å². The van der Waals surface area contributed by atoms with Gasteiger partial charge in [0.05, 0.1) is 6.04 Å². The highest BCUT2D eigenvalue weighted by molar-refractivity contribution is 9.10. The number of nitrogens with zero attached hydrogens (tertiary/aromatic N) is 2. The minimum absolute atomic E-state index is 0.131. The van der Waals surface area contributed by atoms with E-state index in [2.05, 4.69) is 57.1 Å². The molecule has 0 bridgehead atoms. The van der Waals surface area contributed by atoms with Crippen molar-refractivity contribution in [2.45, 2.75) is 26.8 Å². The molecular weight excluding hydrogens is 280 g/mol. The van der Waals surface area contributed by atoms with Crippen molar-refractivity contribution in [2.24, 2.45) is 5.73 Å². The number of halogens is 1. The molecule has 17 heavy (non-hydrogen) atoms. The zero-order valence-corrected chi connectivity index (χ0v) is 11.7. The van der Waals surface area contributed by atoms with E-state index in [1.54, 1.807) is 0 Å². The van der Waals surface area contributed by atoms with Crippen LogP contribution >= 0.6 is 15.9 Å². The summed E-state index contributed by atoms with van der Waals surface area (Å²) in [4.78, 5) is 4.38. The van der Waals surface area contributed by atoms with E-state index in [0.717, 1.165) is 10.0 Å². The number of aromatic nitrogens is 3. The Bertz CT molecular complexity index is 522. The minimum Gasteiger partial charge on any atom is -0.322 e. The Kier molecular flexibility index (Phi) is 3.31. The molecule has 0 amide bonds. The first-order valence-corrected chi connectivity index (χ1v) is 6.23. The highest BCUT2D eigenvalue weighted by Gasteiger charge is 2.10. The van der Waals surface area contributed by atoms with Crippen molar-refractivity contribution >= 4 is 15.9 Å². The van der Waals surface area contributed by atoms with Gasteiger partial charge in [0, 0.05) is 10.0 Å². The van der Waals surface area contributed by atoms with E-state index in [4.69, 9.17) is 5.73 Å². The van der Waals surface area contributed by atoms with E-state index in [9.17, 15) is 0 Å². The number of rotatable bonds is 2. The molecule has 3 N–H and O–H groups in total. The quantitative estimate of drug-likeness (QED) is 0.895. The summed E-state index contributed by atoms with van der Waals surface area (Å²) in [7, 11) is 0. The van der Waals surface area contributed by atoms with Gasteiger partial charge in [-0.15, -0.1) is 0 Å². The van der Waals surface area contributed by atoms with Crippen molar-refractivity contribution < 1.29 is 0 Å². The molecule has 5 heteroatoms. The zero-order valence-electron chi connectivity index (χ0n) is 10.1. The molecule has 0 radical (unpaired) electrons. The van der Waals surface area contributed by atoms with E-state index in [1.807, 2.05) is 6.92 Å². The van der Waals surface area contributed by atoms with E-state index < -0.39 is 0 Å². The van der Waals surface area contributed by atoms with Crippen molar-refractivity contribution in [1.82, 2.24) is 15.2 Å². The van der Waals surface area contributed by atoms with Crippen LogP contribution in [0.1, 0.15) is 29.9 Å². The normalized spacial score (nSPS) is 12.8. The molecule has 1 aromatic carbocycles. The molecule has 1 unspecified atom stereocenters. The van der Waals surface area contributed by atoms with Crippen molar-refractivity contribution in [3.8, 4) is 11.4 Å². The molecule has 0 saturated heterocycles. The third kappa shape index (κ3) is 2.40. The summed E-state index contributed by atoms with van der Waals surface area (Å²) in [6.45, 7) is 5.99. The Hall–Kier alpha value is -1.20. The Morgan fingerprint density at radius 3 is 2.35 bits per heavy atom. The number of nitrogens with two attached hydrogens (primary N) is 1. The van der Waals surface area contributed by atoms with Crippen LogP contribution in [0.25, 0.3) is 11.4 Å². The van der Waals surface area contributed by atoms with Gasteiger partial charge in [-0.1, -0.05) is 15.9 Å². The first kappa shape index (κ1) is 12.3. The van der Waals surface area contributed by atoms with Crippen LogP contribution in [0.3, 0.4) is 0 Å². The molecule has 1 heterocycles. The summed E-state index contributed by atoms with van der Waals surface area (Å²) < 4.78 is 1.13. The fourth-order valence-electron chi connectivity index (χ4n) is 1.68. The Balaban J connectivity index is 2.46. The van der Waals surface area contributed by atoms with Gasteiger partial charge >= 0.3 is 0 Å². The average Bonchev–Trinajstić information content (AvgIpc) is 2.74. The molecule has 1 atom stereocenters. The van der Waals surface area contributed by atoms with E-state index >= 15 is 0 Å². The second-order valence-corrected chi connectivity index (χ2v) is 5.05. The third-order valence-electron chi connectivity index (χ3n) is 2.63. The molecule has 0 fully saturated rings. The lowest BCUT2D eigenvalue weighted by molar-refractivity contribution is 0.745. The fourth-order valence-corrected chi connectivity index (χ4v) is 1.91. The summed E-state index contributed by atoms with van der Waals surface area (Å²) in [5.41, 5.74) is 9.10. The van der Waals surface area contributed by atoms with E-state index in [0.29, 0.717) is 11.6 Å². The Morgan fingerprint density at radius 1 is 1.29 bits per heavy atom. The lowest BCUT2D eigenvalue weighted by Crippen LogP contribution is -2.06. The average molecular weight is 295 g/mol. The summed E-state index contributed by atoms with van der Waals surface area (Å²) in [5, 5.41) is 7.05. The standard InChI is InChI=1S/C12H15BrN4/c1-6-4-9(5-7(2)10(6)13)12-15-11(8(3)14)16-17-12/h4-5,8H,14H2,1-3H3,(H,15,16,17). The molecular formula is C12H15BrN4. The van der Waals surface area contributed by atoms with Crippen LogP contribution in [-0.4, -0.2) is 15.2 Å². The van der Waals surface area contributed by atoms with Gasteiger partial charge < -0.3 is 5.73 Å². The summed E-state index contributed by atoms with van der Waals surface area (Å²) in [5.74, 6) is 1.40. The molecule has 2 aromatic rings. The molecule has 4 nitrogen and oxygen atoms in total. The van der Waals surface area contributed by atoms with Crippen LogP contribution in [0.2, 0.25) is 0 Å². The monoisotopic (exact) mass is 294 g/mol. The minimum atomic E-state index is -0.131. The summed E-state index contributed by atoms with van der Waals surface area (Å²) >= 11 is 3.55. The molecule has 0 aliphatic rings. The lowest BCUT2D eigenvalue weighted by atomic mass is 10.1. The van der Waals surface area contributed by atoms with Gasteiger partial charge in [-0.2, -0.15) is 5.10 Å². The molecule has 90 valence electrons. The second kappa shape index (κ2) is 4.58. The maximum absolute atomic E-state index is 5.75. The highest BCUT2D eigenvalue weighted by Crippen LogP contribution is 2.26. The topological polar surface area (TPSA) is 67.6 Å². The molecule has 1 aromatic heterocycles. The Morgan fingerprint density at radius 2 is 1.88 bits per heavy atom. The SMILES string of the molecule is Cc1cc(-c2n[nH]c(C(C)N)n2)cc(C)c1Br. The van der Waals surface area contributed by atoms with Crippen molar-refractivity contribution in [1.29, 1.82) is 0 Å². The van der Waals surface area contributed by atoms with Crippen LogP contribution in [0.15, 0.2) is 16.6 Å². The third-order valence-corrected chi connectivity index (χ3v) is 3.88. The highest BCUT2D eigenvalue weighted by atomic mass is 79.9. The van der Waals surface area contributed by atoms with Gasteiger partial charge in [0.2, 0.25) is 0 Å². The number of aromatic amines is 1. The number of nitrogens with one attached hydrogen (secondary N) is 1. The maximum Gasteiger partial charge on any atom is 0.181 e. The molecule has 0 saturated carbocycles. The van der Waals surface area contributed by atoms with Crippen molar-refractivity contribution in [2.75, 3.05) is 0 Å². The van der Waals surface area contributed by atoms with Crippen molar-refractivity contribution in [3.05, 3.63) is 33.6 Å². The van der Waals surface area contributed by atoms with E-state index in [1.165, 1.54) is 11.1 Å². The van der Waals surface area contributed by atoms with Crippen LogP contribution in [0, 0.1) is 13.8 Å². The van der Waals surface area contributed by atoms with E-state index in [-0.39, 0.29) is 6.04 Å². The van der Waals surface area contributed by atoms with Crippen LogP contribution in [0.5, 0.6) is 0 Å². The molecule has 0 spiro atoms. The smallest absolute Gasteiger partial charge is 0.181 e. The fraction of sp³-hybridized carbons (Fsp3) is 0.333. The molecule has 0 aliphatic carbocycles. The lowest BCUT2D eigenvalue weighted by Gasteiger charge is -2.05. The van der Waals surface area contributed by atoms with Crippen LogP contribution < -0.4 is 5.73 Å². The molecule has 2 rings (SSSR count). The predicted octanol–water partition coefficient (Wildman–Crippen LogP) is 2.87.